The first-order valence-electron chi connectivity index (χ1n) is 5.11. The largest absolute Gasteiger partial charge is 0.476 e. The van der Waals surface area contributed by atoms with Crippen molar-refractivity contribution in [1.29, 1.82) is 0 Å². The molecule has 0 amide bonds. The lowest BCUT2D eigenvalue weighted by molar-refractivity contribution is -0.130. The predicted molar refractivity (Wildman–Crippen MR) is 75.8 cm³/mol. The molecule has 0 aliphatic heterocycles. The molecule has 0 fully saturated rings. The standard InChI is InChI=1S/C10H12N3O4PS/c1-5(14)7(3-18)17-13-8(9(15)16)6-4-19-10(11-2)12-6/h3-4,7,18H,1-2H3,(H,11,12)(H,15,16)/b13-8-. The summed E-state index contributed by atoms with van der Waals surface area (Å²) >= 11 is 1.24. The average molecular weight is 301 g/mol. The number of Topliss-reactive ketones (excluding diaryl/α,β-unsaturated/α-hetero) is 1. The van der Waals surface area contributed by atoms with E-state index in [-0.39, 0.29) is 17.2 Å². The number of oxime groups is 1. The minimum absolute atomic E-state index is 0.165. The molecular formula is C10H12N3O4PS. The number of aromatic nitrogens is 1. The third kappa shape index (κ3) is 4.11. The van der Waals surface area contributed by atoms with Crippen molar-refractivity contribution in [2.45, 2.75) is 13.0 Å². The van der Waals surface area contributed by atoms with Gasteiger partial charge >= 0.3 is 5.97 Å². The molecule has 0 aliphatic rings. The second kappa shape index (κ2) is 6.96. The smallest absolute Gasteiger partial charge is 0.360 e. The van der Waals surface area contributed by atoms with Crippen molar-refractivity contribution in [2.24, 2.45) is 5.16 Å². The van der Waals surface area contributed by atoms with Crippen LogP contribution in [-0.2, 0) is 14.4 Å². The molecule has 0 saturated heterocycles. The quantitative estimate of drug-likeness (QED) is 0.441. The highest BCUT2D eigenvalue weighted by atomic mass is 32.1. The molecule has 1 aromatic rings. The number of thiazole rings is 1. The van der Waals surface area contributed by atoms with Crippen LogP contribution in [0.2, 0.25) is 0 Å². The van der Waals surface area contributed by atoms with E-state index < -0.39 is 12.1 Å². The molecule has 0 bridgehead atoms. The summed E-state index contributed by atoms with van der Waals surface area (Å²) in [7, 11) is 4.68. The van der Waals surface area contributed by atoms with Gasteiger partial charge in [-0.25, -0.2) is 9.78 Å². The van der Waals surface area contributed by atoms with Gasteiger partial charge in [0.2, 0.25) is 11.8 Å². The van der Waals surface area contributed by atoms with Gasteiger partial charge in [-0.3, -0.25) is 4.79 Å². The Hall–Kier alpha value is -1.79. The van der Waals surface area contributed by atoms with Crippen molar-refractivity contribution in [3.05, 3.63) is 11.1 Å². The zero-order chi connectivity index (χ0) is 14.4. The van der Waals surface area contributed by atoms with Gasteiger partial charge in [0.1, 0.15) is 5.69 Å². The van der Waals surface area contributed by atoms with E-state index in [1.807, 2.05) is 0 Å². The van der Waals surface area contributed by atoms with Crippen molar-refractivity contribution in [3.8, 4) is 0 Å². The Balaban J connectivity index is 2.97. The number of carbonyl (C=O) groups is 2. The summed E-state index contributed by atoms with van der Waals surface area (Å²) in [5, 5.41) is 17.4. The van der Waals surface area contributed by atoms with E-state index in [0.717, 1.165) is 0 Å². The van der Waals surface area contributed by atoms with Crippen LogP contribution < -0.4 is 5.32 Å². The molecule has 7 nitrogen and oxygen atoms in total. The zero-order valence-electron chi connectivity index (χ0n) is 10.2. The minimum atomic E-state index is -1.29. The molecule has 1 atom stereocenters. The number of carbonyl (C=O) groups excluding carboxylic acids is 1. The third-order valence-electron chi connectivity index (χ3n) is 1.97. The molecule has 1 aromatic heterocycles. The Morgan fingerprint density at radius 2 is 2.37 bits per heavy atom. The second-order valence-electron chi connectivity index (χ2n) is 3.34. The molecule has 19 heavy (non-hydrogen) atoms. The van der Waals surface area contributed by atoms with E-state index in [2.05, 4.69) is 24.3 Å². The summed E-state index contributed by atoms with van der Waals surface area (Å²) in [5.41, 5.74) is -0.198. The fraction of sp³-hybridized carbons (Fsp3) is 0.300. The van der Waals surface area contributed by atoms with Gasteiger partial charge in [0.05, 0.1) is 0 Å². The highest BCUT2D eigenvalue weighted by Crippen LogP contribution is 2.15. The van der Waals surface area contributed by atoms with Gasteiger partial charge in [0, 0.05) is 12.4 Å². The highest BCUT2D eigenvalue weighted by Gasteiger charge is 2.19. The Bertz CT molecular complexity index is 529. The van der Waals surface area contributed by atoms with Gasteiger partial charge in [-0.05, 0) is 12.7 Å². The van der Waals surface area contributed by atoms with Gasteiger partial charge in [-0.15, -0.1) is 20.2 Å². The molecule has 1 heterocycles. The number of nitrogens with zero attached hydrogens (tertiary/aromatic N) is 2. The molecule has 1 unspecified atom stereocenters. The number of rotatable bonds is 7. The van der Waals surface area contributed by atoms with Gasteiger partial charge in [-0.2, -0.15) is 0 Å². The number of hydrogen-bond acceptors (Lipinski definition) is 7. The molecule has 9 heteroatoms. The number of carboxylic acid groups (broad SMARTS) is 1. The number of carboxylic acids is 1. The van der Waals surface area contributed by atoms with Gasteiger partial charge in [0.25, 0.3) is 0 Å². The van der Waals surface area contributed by atoms with Crippen molar-refractivity contribution < 1.29 is 19.5 Å². The van der Waals surface area contributed by atoms with E-state index >= 15 is 0 Å². The van der Waals surface area contributed by atoms with Gasteiger partial charge in [0.15, 0.2) is 10.9 Å². The first-order chi connectivity index (χ1) is 8.99. The van der Waals surface area contributed by atoms with E-state index in [0.29, 0.717) is 5.13 Å². The third-order valence-corrected chi connectivity index (χ3v) is 3.14. The number of aliphatic carboxylic acids is 1. The highest BCUT2D eigenvalue weighted by molar-refractivity contribution is 7.18. The Kier molecular flexibility index (Phi) is 5.59. The SMILES string of the molecule is CNc1nc(/C(=N/OC(C=P)C(C)=O)C(=O)O)cs1. The fourth-order valence-electron chi connectivity index (χ4n) is 1.02. The average Bonchev–Trinajstić information content (AvgIpc) is 2.82. The summed E-state index contributed by atoms with van der Waals surface area (Å²) in [5.74, 6) is -0.298. The Morgan fingerprint density at radius 3 is 2.79 bits per heavy atom. The summed E-state index contributed by atoms with van der Waals surface area (Å²) in [6, 6.07) is 0. The summed E-state index contributed by atoms with van der Waals surface area (Å²) < 4.78 is 0. The molecule has 0 aromatic carbocycles. The van der Waals surface area contributed by atoms with Gasteiger partial charge < -0.3 is 15.3 Å². The maximum absolute atomic E-state index is 11.1. The van der Waals surface area contributed by atoms with Gasteiger partial charge in [-0.1, -0.05) is 5.16 Å². The predicted octanol–water partition coefficient (Wildman–Crippen LogP) is 0.893. The van der Waals surface area contributed by atoms with Crippen LogP contribution in [0.25, 0.3) is 0 Å². The summed E-state index contributed by atoms with van der Waals surface area (Å²) in [4.78, 5) is 31.1. The Labute approximate surface area is 115 Å². The van der Waals surface area contributed by atoms with Crippen LogP contribution in [0.3, 0.4) is 0 Å². The fourth-order valence-corrected chi connectivity index (χ4v) is 1.98. The van der Waals surface area contributed by atoms with Crippen LogP contribution in [-0.4, -0.2) is 46.5 Å². The molecule has 0 spiro atoms. The topological polar surface area (TPSA) is 101 Å². The molecule has 0 saturated carbocycles. The first-order valence-corrected chi connectivity index (χ1v) is 6.57. The lowest BCUT2D eigenvalue weighted by atomic mass is 10.3. The second-order valence-corrected chi connectivity index (χ2v) is 4.53. The van der Waals surface area contributed by atoms with Crippen LogP contribution in [0, 0.1) is 0 Å². The van der Waals surface area contributed by atoms with Crippen molar-refractivity contribution in [3.63, 3.8) is 0 Å². The van der Waals surface area contributed by atoms with Crippen LogP contribution in [0.15, 0.2) is 10.5 Å². The zero-order valence-corrected chi connectivity index (χ0v) is 12.0. The lowest BCUT2D eigenvalue weighted by Crippen LogP contribution is -2.23. The van der Waals surface area contributed by atoms with Crippen LogP contribution in [0.4, 0.5) is 5.13 Å². The molecule has 102 valence electrons. The number of ketones is 1. The van der Waals surface area contributed by atoms with E-state index in [1.54, 1.807) is 7.05 Å². The van der Waals surface area contributed by atoms with E-state index in [1.165, 1.54) is 29.4 Å². The van der Waals surface area contributed by atoms with Crippen molar-refractivity contribution in [2.75, 3.05) is 12.4 Å². The summed E-state index contributed by atoms with van der Waals surface area (Å²) in [6.07, 6.45) is -0.951. The number of nitrogens with one attached hydrogen (secondary N) is 1. The van der Waals surface area contributed by atoms with E-state index in [4.69, 9.17) is 9.94 Å². The molecule has 0 radical (unpaired) electrons. The minimum Gasteiger partial charge on any atom is -0.476 e. The Morgan fingerprint density at radius 1 is 1.68 bits per heavy atom. The lowest BCUT2D eigenvalue weighted by Gasteiger charge is -2.06. The first kappa shape index (κ1) is 15.3. The van der Waals surface area contributed by atoms with Crippen LogP contribution in [0.1, 0.15) is 12.6 Å². The number of anilines is 1. The number of hydrogen-bond donors (Lipinski definition) is 2. The van der Waals surface area contributed by atoms with Crippen molar-refractivity contribution in [1.82, 2.24) is 4.98 Å². The monoisotopic (exact) mass is 301 g/mol. The van der Waals surface area contributed by atoms with E-state index in [9.17, 15) is 9.59 Å². The molecule has 0 aliphatic carbocycles. The maximum Gasteiger partial charge on any atom is 0.360 e. The molecular weight excluding hydrogens is 289 g/mol. The van der Waals surface area contributed by atoms with Crippen LogP contribution in [0.5, 0.6) is 0 Å². The summed E-state index contributed by atoms with van der Waals surface area (Å²) in [6.45, 7) is 1.30. The molecule has 2 N–H and O–H groups in total. The van der Waals surface area contributed by atoms with Crippen LogP contribution >= 0.6 is 20.2 Å². The normalized spacial score (nSPS) is 12.6. The van der Waals surface area contributed by atoms with Crippen molar-refractivity contribution >= 4 is 48.6 Å². The maximum atomic E-state index is 11.1. The molecule has 1 rings (SSSR count).